The van der Waals surface area contributed by atoms with Crippen LogP contribution in [0.1, 0.15) is 18.1 Å². The Kier molecular flexibility index (Phi) is 5.44. The second-order valence-electron chi connectivity index (χ2n) is 3.44. The number of aryl methyl sites for hydroxylation is 1. The molecule has 0 saturated carbocycles. The summed E-state index contributed by atoms with van der Waals surface area (Å²) in [4.78, 5) is 11.3. The summed E-state index contributed by atoms with van der Waals surface area (Å²) in [5, 5.41) is 2.37. The number of halogens is 3. The van der Waals surface area contributed by atoms with E-state index in [1.807, 2.05) is 0 Å². The number of carbonyl (C=O) groups excluding carboxylic acids is 1. The first-order valence-corrected chi connectivity index (χ1v) is 5.96. The van der Waals surface area contributed by atoms with Crippen LogP contribution in [0.2, 0.25) is 0 Å². The molecular formula is C12H12Cl2FNO2. The van der Waals surface area contributed by atoms with E-state index in [1.54, 1.807) is 26.0 Å². The van der Waals surface area contributed by atoms with Gasteiger partial charge in [0.1, 0.15) is 10.3 Å². The Morgan fingerprint density at radius 1 is 1.44 bits per heavy atom. The molecule has 0 saturated heterocycles. The van der Waals surface area contributed by atoms with E-state index >= 15 is 0 Å². The van der Waals surface area contributed by atoms with Crippen molar-refractivity contribution in [3.63, 3.8) is 0 Å². The Morgan fingerprint density at radius 2 is 2.11 bits per heavy atom. The second-order valence-corrected chi connectivity index (χ2v) is 4.39. The highest BCUT2D eigenvalue weighted by atomic mass is 35.5. The van der Waals surface area contributed by atoms with E-state index in [1.165, 1.54) is 6.07 Å². The molecule has 0 radical (unpaired) electrons. The van der Waals surface area contributed by atoms with Crippen LogP contribution in [0.5, 0.6) is 0 Å². The van der Waals surface area contributed by atoms with E-state index in [9.17, 15) is 9.18 Å². The molecule has 1 aromatic carbocycles. The van der Waals surface area contributed by atoms with Gasteiger partial charge in [-0.05, 0) is 25.5 Å². The van der Waals surface area contributed by atoms with Crippen molar-refractivity contribution in [1.82, 2.24) is 5.32 Å². The molecule has 0 aliphatic rings. The largest absolute Gasteiger partial charge is 0.450 e. The van der Waals surface area contributed by atoms with Crippen molar-refractivity contribution in [1.29, 1.82) is 0 Å². The third-order valence-electron chi connectivity index (χ3n) is 2.15. The van der Waals surface area contributed by atoms with E-state index < -0.39 is 11.9 Å². The number of ether oxygens (including phenoxy) is 1. The van der Waals surface area contributed by atoms with Gasteiger partial charge in [-0.25, -0.2) is 9.18 Å². The monoisotopic (exact) mass is 291 g/mol. The lowest BCUT2D eigenvalue weighted by molar-refractivity contribution is 0.157. The molecule has 1 amide bonds. The van der Waals surface area contributed by atoms with Crippen molar-refractivity contribution < 1.29 is 13.9 Å². The molecule has 1 N–H and O–H groups in total. The summed E-state index contributed by atoms with van der Waals surface area (Å²) in [5.41, 5.74) is 0.960. The van der Waals surface area contributed by atoms with Gasteiger partial charge in [0, 0.05) is 5.56 Å². The summed E-state index contributed by atoms with van der Waals surface area (Å²) < 4.78 is 18.0. The van der Waals surface area contributed by atoms with Crippen LogP contribution >= 0.6 is 23.2 Å². The van der Waals surface area contributed by atoms with Gasteiger partial charge in [-0.3, -0.25) is 5.32 Å². The molecule has 0 aromatic heterocycles. The van der Waals surface area contributed by atoms with E-state index in [0.29, 0.717) is 11.1 Å². The zero-order valence-electron chi connectivity index (χ0n) is 9.89. The molecule has 0 spiro atoms. The first kappa shape index (κ1) is 14.8. The van der Waals surface area contributed by atoms with Gasteiger partial charge in [-0.15, -0.1) is 0 Å². The molecule has 0 unspecified atom stereocenters. The van der Waals surface area contributed by atoms with Gasteiger partial charge >= 0.3 is 6.09 Å². The second kappa shape index (κ2) is 6.61. The molecule has 1 aromatic rings. The fourth-order valence-corrected chi connectivity index (χ4v) is 1.56. The van der Waals surface area contributed by atoms with Gasteiger partial charge in [0.2, 0.25) is 0 Å². The predicted octanol–water partition coefficient (Wildman–Crippen LogP) is 3.98. The summed E-state index contributed by atoms with van der Waals surface area (Å²) in [6, 6.07) is 4.40. The van der Waals surface area contributed by atoms with Gasteiger partial charge in [0.15, 0.2) is 0 Å². The van der Waals surface area contributed by atoms with E-state index in [4.69, 9.17) is 27.9 Å². The molecule has 6 heteroatoms. The van der Waals surface area contributed by atoms with Gasteiger partial charge < -0.3 is 4.74 Å². The van der Waals surface area contributed by atoms with Crippen LogP contribution in [0.3, 0.4) is 0 Å². The average molecular weight is 292 g/mol. The standard InChI is InChI=1S/C12H12Cl2FNO2/c1-3-18-12(17)16-10(11(13)14)8-5-4-7(2)9(15)6-8/h4-6H,3H2,1-2H3,(H,16,17). The van der Waals surface area contributed by atoms with Crippen LogP contribution in [0.25, 0.3) is 5.70 Å². The van der Waals surface area contributed by atoms with Crippen LogP contribution in [0.15, 0.2) is 22.7 Å². The van der Waals surface area contributed by atoms with E-state index in [2.05, 4.69) is 5.32 Å². The molecule has 0 heterocycles. The van der Waals surface area contributed by atoms with Gasteiger partial charge in [-0.2, -0.15) is 0 Å². The highest BCUT2D eigenvalue weighted by Gasteiger charge is 2.12. The summed E-state index contributed by atoms with van der Waals surface area (Å²) in [5.74, 6) is -0.412. The van der Waals surface area contributed by atoms with Crippen molar-refractivity contribution in [3.05, 3.63) is 39.6 Å². The zero-order valence-corrected chi connectivity index (χ0v) is 11.4. The average Bonchev–Trinajstić information content (AvgIpc) is 2.30. The van der Waals surface area contributed by atoms with Crippen molar-refractivity contribution in [2.24, 2.45) is 0 Å². The highest BCUT2D eigenvalue weighted by molar-refractivity contribution is 6.58. The first-order valence-electron chi connectivity index (χ1n) is 5.21. The van der Waals surface area contributed by atoms with Crippen molar-refractivity contribution in [3.8, 4) is 0 Å². The fraction of sp³-hybridized carbons (Fsp3) is 0.250. The maximum atomic E-state index is 13.4. The van der Waals surface area contributed by atoms with Gasteiger partial charge in [0.05, 0.1) is 12.3 Å². The minimum atomic E-state index is -0.702. The molecule has 18 heavy (non-hydrogen) atoms. The van der Waals surface area contributed by atoms with Crippen LogP contribution in [-0.2, 0) is 4.74 Å². The molecule has 98 valence electrons. The number of hydrogen-bond donors (Lipinski definition) is 1. The lowest BCUT2D eigenvalue weighted by Gasteiger charge is -2.11. The molecule has 0 atom stereocenters. The topological polar surface area (TPSA) is 38.3 Å². The normalized spacial score (nSPS) is 9.83. The summed E-state index contributed by atoms with van der Waals surface area (Å²) in [6.45, 7) is 3.50. The Morgan fingerprint density at radius 3 is 2.61 bits per heavy atom. The lowest BCUT2D eigenvalue weighted by atomic mass is 10.1. The Bertz CT molecular complexity index is 485. The molecule has 3 nitrogen and oxygen atoms in total. The molecule has 0 aliphatic heterocycles. The molecule has 0 bridgehead atoms. The number of hydrogen-bond acceptors (Lipinski definition) is 2. The summed E-state index contributed by atoms with van der Waals surface area (Å²) in [7, 11) is 0. The minimum Gasteiger partial charge on any atom is -0.450 e. The van der Waals surface area contributed by atoms with Gasteiger partial charge in [0.25, 0.3) is 0 Å². The third kappa shape index (κ3) is 3.89. The molecule has 1 rings (SSSR count). The fourth-order valence-electron chi connectivity index (χ4n) is 1.25. The van der Waals surface area contributed by atoms with Crippen LogP contribution < -0.4 is 5.32 Å². The van der Waals surface area contributed by atoms with E-state index in [0.717, 1.165) is 0 Å². The maximum absolute atomic E-state index is 13.4. The quantitative estimate of drug-likeness (QED) is 0.915. The SMILES string of the molecule is CCOC(=O)NC(=C(Cl)Cl)c1ccc(C)c(F)c1. The van der Waals surface area contributed by atoms with Crippen molar-refractivity contribution >= 4 is 35.0 Å². The highest BCUT2D eigenvalue weighted by Crippen LogP contribution is 2.23. The minimum absolute atomic E-state index is 0.107. The number of alkyl carbamates (subject to hydrolysis) is 1. The van der Waals surface area contributed by atoms with Crippen LogP contribution in [-0.4, -0.2) is 12.7 Å². The van der Waals surface area contributed by atoms with Crippen molar-refractivity contribution in [2.45, 2.75) is 13.8 Å². The smallest absolute Gasteiger partial charge is 0.411 e. The number of nitrogens with one attached hydrogen (secondary N) is 1. The van der Waals surface area contributed by atoms with Crippen LogP contribution in [0.4, 0.5) is 9.18 Å². The third-order valence-corrected chi connectivity index (χ3v) is 2.53. The Labute approximate surface area is 115 Å². The van der Waals surface area contributed by atoms with E-state index in [-0.39, 0.29) is 16.8 Å². The number of carbonyl (C=O) groups is 1. The zero-order chi connectivity index (χ0) is 13.7. The van der Waals surface area contributed by atoms with Crippen molar-refractivity contribution in [2.75, 3.05) is 6.61 Å². The summed E-state index contributed by atoms with van der Waals surface area (Å²) >= 11 is 11.3. The number of rotatable bonds is 3. The molecule has 0 fully saturated rings. The lowest BCUT2D eigenvalue weighted by Crippen LogP contribution is -2.23. The molecule has 0 aliphatic carbocycles. The first-order chi connectivity index (χ1) is 8.45. The number of benzene rings is 1. The summed E-state index contributed by atoms with van der Waals surface area (Å²) in [6.07, 6.45) is -0.702. The molecular weight excluding hydrogens is 280 g/mol. The van der Waals surface area contributed by atoms with Gasteiger partial charge in [-0.1, -0.05) is 35.3 Å². The Hall–Kier alpha value is -1.26. The number of amides is 1. The van der Waals surface area contributed by atoms with Crippen LogP contribution in [0, 0.1) is 12.7 Å². The maximum Gasteiger partial charge on any atom is 0.411 e. The predicted molar refractivity (Wildman–Crippen MR) is 69.9 cm³/mol. The Balaban J connectivity index is 3.03.